The lowest BCUT2D eigenvalue weighted by Crippen LogP contribution is -2.37. The standard InChI is InChI=1S/C22H24ClN3O2/c1-14(2)15(3)24-22(27)21-13-19(16-8-7-9-17(12-16)28-4)25-26(21)20-11-6-5-10-18(20)23/h5-15H,1-4H3,(H,24,27). The number of carbonyl (C=O) groups excluding carboxylic acids is 1. The Balaban J connectivity index is 2.09. The lowest BCUT2D eigenvalue weighted by molar-refractivity contribution is 0.0922. The van der Waals surface area contributed by atoms with Crippen molar-refractivity contribution in [3.05, 3.63) is 65.3 Å². The molecule has 0 spiro atoms. The second kappa shape index (κ2) is 8.48. The van der Waals surface area contributed by atoms with Crippen molar-refractivity contribution in [3.63, 3.8) is 0 Å². The van der Waals surface area contributed by atoms with Crippen LogP contribution in [0.15, 0.2) is 54.6 Å². The van der Waals surface area contributed by atoms with Crippen LogP contribution in [0.2, 0.25) is 5.02 Å². The molecule has 0 radical (unpaired) electrons. The zero-order chi connectivity index (χ0) is 20.3. The number of amides is 1. The summed E-state index contributed by atoms with van der Waals surface area (Å²) in [6, 6.07) is 16.7. The summed E-state index contributed by atoms with van der Waals surface area (Å²) in [6.07, 6.45) is 0. The van der Waals surface area contributed by atoms with E-state index < -0.39 is 0 Å². The Labute approximate surface area is 170 Å². The number of carbonyl (C=O) groups is 1. The minimum atomic E-state index is -0.192. The maximum Gasteiger partial charge on any atom is 0.270 e. The van der Waals surface area contributed by atoms with Crippen molar-refractivity contribution in [1.29, 1.82) is 0 Å². The van der Waals surface area contributed by atoms with Crippen LogP contribution in [0.3, 0.4) is 0 Å². The van der Waals surface area contributed by atoms with Gasteiger partial charge in [-0.1, -0.05) is 49.7 Å². The molecule has 1 atom stereocenters. The Morgan fingerprint density at radius 1 is 1.11 bits per heavy atom. The average Bonchev–Trinajstić information content (AvgIpc) is 3.13. The number of nitrogens with one attached hydrogen (secondary N) is 1. The van der Waals surface area contributed by atoms with Gasteiger partial charge in [-0.25, -0.2) is 4.68 Å². The molecule has 0 aliphatic carbocycles. The number of para-hydroxylation sites is 1. The van der Waals surface area contributed by atoms with Gasteiger partial charge in [0.1, 0.15) is 11.4 Å². The molecule has 1 unspecified atom stereocenters. The van der Waals surface area contributed by atoms with Gasteiger partial charge in [0, 0.05) is 11.6 Å². The summed E-state index contributed by atoms with van der Waals surface area (Å²) in [5.41, 5.74) is 2.61. The summed E-state index contributed by atoms with van der Waals surface area (Å²) in [4.78, 5) is 13.0. The molecule has 0 saturated carbocycles. The number of benzene rings is 2. The monoisotopic (exact) mass is 397 g/mol. The maximum atomic E-state index is 13.0. The van der Waals surface area contributed by atoms with Crippen LogP contribution in [0, 0.1) is 5.92 Å². The zero-order valence-corrected chi connectivity index (χ0v) is 17.2. The van der Waals surface area contributed by atoms with E-state index in [1.54, 1.807) is 23.9 Å². The molecule has 5 nitrogen and oxygen atoms in total. The van der Waals surface area contributed by atoms with Gasteiger partial charge in [-0.3, -0.25) is 4.79 Å². The number of ether oxygens (including phenoxy) is 1. The molecule has 6 heteroatoms. The molecule has 0 bridgehead atoms. The fraction of sp³-hybridized carbons (Fsp3) is 0.273. The van der Waals surface area contributed by atoms with E-state index in [0.717, 1.165) is 11.3 Å². The van der Waals surface area contributed by atoms with E-state index in [-0.39, 0.29) is 11.9 Å². The van der Waals surface area contributed by atoms with Crippen molar-refractivity contribution in [3.8, 4) is 22.7 Å². The smallest absolute Gasteiger partial charge is 0.270 e. The van der Waals surface area contributed by atoms with Crippen molar-refractivity contribution in [2.24, 2.45) is 5.92 Å². The third kappa shape index (κ3) is 4.20. The minimum absolute atomic E-state index is 0.0300. The first-order valence-corrected chi connectivity index (χ1v) is 9.58. The zero-order valence-electron chi connectivity index (χ0n) is 16.4. The summed E-state index contributed by atoms with van der Waals surface area (Å²) in [6.45, 7) is 6.12. The van der Waals surface area contributed by atoms with Gasteiger partial charge in [-0.05, 0) is 43.2 Å². The number of methoxy groups -OCH3 is 1. The quantitative estimate of drug-likeness (QED) is 0.638. The first kappa shape index (κ1) is 20.0. The maximum absolute atomic E-state index is 13.0. The molecule has 1 aromatic heterocycles. The molecule has 0 saturated heterocycles. The molecule has 2 aromatic carbocycles. The molecule has 3 rings (SSSR count). The average molecular weight is 398 g/mol. The van der Waals surface area contributed by atoms with E-state index in [1.807, 2.05) is 49.4 Å². The number of rotatable bonds is 6. The van der Waals surface area contributed by atoms with Crippen molar-refractivity contribution >= 4 is 17.5 Å². The normalized spacial score (nSPS) is 12.1. The van der Waals surface area contributed by atoms with Crippen LogP contribution in [0.25, 0.3) is 16.9 Å². The Morgan fingerprint density at radius 2 is 1.86 bits per heavy atom. The summed E-state index contributed by atoms with van der Waals surface area (Å²) in [5.74, 6) is 0.852. The van der Waals surface area contributed by atoms with Gasteiger partial charge in [-0.15, -0.1) is 0 Å². The Hall–Kier alpha value is -2.79. The summed E-state index contributed by atoms with van der Waals surface area (Å²) < 4.78 is 6.91. The van der Waals surface area contributed by atoms with Crippen LogP contribution in [-0.2, 0) is 0 Å². The molecular formula is C22H24ClN3O2. The summed E-state index contributed by atoms with van der Waals surface area (Å²) in [5, 5.41) is 8.24. The second-order valence-corrected chi connectivity index (χ2v) is 7.42. The van der Waals surface area contributed by atoms with Gasteiger partial charge in [-0.2, -0.15) is 5.10 Å². The topological polar surface area (TPSA) is 56.1 Å². The minimum Gasteiger partial charge on any atom is -0.497 e. The van der Waals surface area contributed by atoms with Crippen LogP contribution >= 0.6 is 11.6 Å². The lowest BCUT2D eigenvalue weighted by Gasteiger charge is -2.17. The molecule has 3 aromatic rings. The number of hydrogen-bond acceptors (Lipinski definition) is 3. The van der Waals surface area contributed by atoms with Crippen LogP contribution in [0.1, 0.15) is 31.3 Å². The highest BCUT2D eigenvalue weighted by atomic mass is 35.5. The first-order chi connectivity index (χ1) is 13.4. The van der Waals surface area contributed by atoms with E-state index in [0.29, 0.717) is 28.0 Å². The number of aromatic nitrogens is 2. The highest BCUT2D eigenvalue weighted by molar-refractivity contribution is 6.32. The van der Waals surface area contributed by atoms with Crippen LogP contribution < -0.4 is 10.1 Å². The van der Waals surface area contributed by atoms with Crippen molar-refractivity contribution < 1.29 is 9.53 Å². The second-order valence-electron chi connectivity index (χ2n) is 7.02. The van der Waals surface area contributed by atoms with E-state index >= 15 is 0 Å². The molecule has 1 amide bonds. The van der Waals surface area contributed by atoms with Crippen molar-refractivity contribution in [1.82, 2.24) is 15.1 Å². The summed E-state index contributed by atoms with van der Waals surface area (Å²) in [7, 11) is 1.62. The predicted molar refractivity (Wildman–Crippen MR) is 112 cm³/mol. The van der Waals surface area contributed by atoms with Gasteiger partial charge >= 0.3 is 0 Å². The van der Waals surface area contributed by atoms with Crippen LogP contribution in [0.5, 0.6) is 5.75 Å². The van der Waals surface area contributed by atoms with Gasteiger partial charge in [0.05, 0.1) is 23.5 Å². The van der Waals surface area contributed by atoms with E-state index in [1.165, 1.54) is 0 Å². The van der Waals surface area contributed by atoms with Gasteiger partial charge in [0.25, 0.3) is 5.91 Å². The summed E-state index contributed by atoms with van der Waals surface area (Å²) >= 11 is 6.38. The fourth-order valence-electron chi connectivity index (χ4n) is 2.72. The SMILES string of the molecule is COc1cccc(-c2cc(C(=O)NC(C)C(C)C)n(-c3ccccc3Cl)n2)c1. The Kier molecular flexibility index (Phi) is 6.05. The molecule has 1 heterocycles. The first-order valence-electron chi connectivity index (χ1n) is 9.21. The largest absolute Gasteiger partial charge is 0.497 e. The van der Waals surface area contributed by atoms with Gasteiger partial charge in [0.2, 0.25) is 0 Å². The Morgan fingerprint density at radius 3 is 2.54 bits per heavy atom. The van der Waals surface area contributed by atoms with Crippen LogP contribution in [-0.4, -0.2) is 28.8 Å². The van der Waals surface area contributed by atoms with Crippen LogP contribution in [0.4, 0.5) is 0 Å². The van der Waals surface area contributed by atoms with Crippen molar-refractivity contribution in [2.45, 2.75) is 26.8 Å². The molecule has 0 aliphatic heterocycles. The fourth-order valence-corrected chi connectivity index (χ4v) is 2.94. The molecule has 146 valence electrons. The molecule has 1 N–H and O–H groups in total. The molecule has 0 fully saturated rings. The third-order valence-corrected chi connectivity index (χ3v) is 5.07. The Bertz CT molecular complexity index is 981. The lowest BCUT2D eigenvalue weighted by atomic mass is 10.1. The van der Waals surface area contributed by atoms with E-state index in [9.17, 15) is 4.79 Å². The third-order valence-electron chi connectivity index (χ3n) is 4.75. The highest BCUT2D eigenvalue weighted by Crippen LogP contribution is 2.27. The van der Waals surface area contributed by atoms with Gasteiger partial charge < -0.3 is 10.1 Å². The number of hydrogen-bond donors (Lipinski definition) is 1. The van der Waals surface area contributed by atoms with E-state index in [4.69, 9.17) is 16.3 Å². The predicted octanol–water partition coefficient (Wildman–Crippen LogP) is 4.98. The molecular weight excluding hydrogens is 374 g/mol. The number of nitrogens with zero attached hydrogens (tertiary/aromatic N) is 2. The number of halogens is 1. The van der Waals surface area contributed by atoms with Crippen molar-refractivity contribution in [2.75, 3.05) is 7.11 Å². The van der Waals surface area contributed by atoms with E-state index in [2.05, 4.69) is 24.3 Å². The van der Waals surface area contributed by atoms with Gasteiger partial charge in [0.15, 0.2) is 0 Å². The highest BCUT2D eigenvalue weighted by Gasteiger charge is 2.21. The molecule has 28 heavy (non-hydrogen) atoms. The molecule has 0 aliphatic rings.